The van der Waals surface area contributed by atoms with Gasteiger partial charge in [-0.1, -0.05) is 30.3 Å². The van der Waals surface area contributed by atoms with E-state index in [1.807, 2.05) is 0 Å². The minimum absolute atomic E-state index is 0.0233. The summed E-state index contributed by atoms with van der Waals surface area (Å²) in [7, 11) is 0. The summed E-state index contributed by atoms with van der Waals surface area (Å²) < 4.78 is 5.57. The van der Waals surface area contributed by atoms with Crippen molar-refractivity contribution in [3.8, 4) is 0 Å². The van der Waals surface area contributed by atoms with Gasteiger partial charge in [-0.25, -0.2) is 9.78 Å². The molecule has 126 valence electrons. The topological polar surface area (TPSA) is 71.5 Å². The van der Waals surface area contributed by atoms with E-state index in [1.165, 1.54) is 17.2 Å². The first-order valence-electron chi connectivity index (χ1n) is 8.19. The van der Waals surface area contributed by atoms with Gasteiger partial charge in [0.1, 0.15) is 5.82 Å². The number of carboxylic acid groups (broad SMARTS) is 1. The molecule has 1 aromatic heterocycles. The molecule has 1 aliphatic heterocycles. The van der Waals surface area contributed by atoms with Crippen LogP contribution >= 0.6 is 0 Å². The zero-order valence-electron chi connectivity index (χ0n) is 13.8. The molecular formula is C19H22N2O3. The molecule has 3 rings (SSSR count). The van der Waals surface area contributed by atoms with Gasteiger partial charge in [0.15, 0.2) is 5.69 Å². The number of hydrogen-bond acceptors (Lipinski definition) is 4. The van der Waals surface area contributed by atoms with Crippen LogP contribution in [0.1, 0.15) is 34.5 Å². The molecule has 24 heavy (non-hydrogen) atoms. The fourth-order valence-electron chi connectivity index (χ4n) is 3.38. The molecule has 0 saturated carbocycles. The molecular weight excluding hydrogens is 304 g/mol. The number of benzene rings is 1. The second kappa shape index (κ2) is 7.01. The molecule has 0 aliphatic carbocycles. The Morgan fingerprint density at radius 3 is 2.67 bits per heavy atom. The summed E-state index contributed by atoms with van der Waals surface area (Å²) in [6.45, 7) is 4.31. The number of nitrogens with one attached hydrogen (secondary N) is 1. The lowest BCUT2D eigenvalue weighted by atomic mass is 9.72. The lowest BCUT2D eigenvalue weighted by Crippen LogP contribution is -2.40. The highest BCUT2D eigenvalue weighted by atomic mass is 16.5. The number of carboxylic acids is 1. The normalized spacial score (nSPS) is 16.5. The van der Waals surface area contributed by atoms with Crippen LogP contribution in [0.15, 0.2) is 42.5 Å². The van der Waals surface area contributed by atoms with E-state index in [-0.39, 0.29) is 11.1 Å². The minimum atomic E-state index is -1.02. The van der Waals surface area contributed by atoms with Crippen LogP contribution in [-0.4, -0.2) is 35.8 Å². The molecule has 5 nitrogen and oxygen atoms in total. The monoisotopic (exact) mass is 326 g/mol. The van der Waals surface area contributed by atoms with Crippen LogP contribution in [0.25, 0.3) is 0 Å². The highest BCUT2D eigenvalue weighted by molar-refractivity contribution is 5.85. The third kappa shape index (κ3) is 3.41. The van der Waals surface area contributed by atoms with Crippen LogP contribution in [-0.2, 0) is 10.2 Å². The second-order valence-corrected chi connectivity index (χ2v) is 6.27. The Morgan fingerprint density at radius 2 is 1.96 bits per heavy atom. The molecule has 2 N–H and O–H groups in total. The lowest BCUT2D eigenvalue weighted by Gasteiger charge is -2.39. The lowest BCUT2D eigenvalue weighted by molar-refractivity contribution is 0.0541. The van der Waals surface area contributed by atoms with Crippen molar-refractivity contribution in [2.75, 3.05) is 25.1 Å². The fourth-order valence-corrected chi connectivity index (χ4v) is 3.38. The van der Waals surface area contributed by atoms with Gasteiger partial charge in [0, 0.05) is 25.2 Å². The highest BCUT2D eigenvalue weighted by Gasteiger charge is 2.35. The summed E-state index contributed by atoms with van der Waals surface area (Å²) in [6, 6.07) is 13.5. The summed E-state index contributed by atoms with van der Waals surface area (Å²) in [5.41, 5.74) is 2.63. The molecule has 1 aliphatic rings. The number of aryl methyl sites for hydroxylation is 1. The molecule has 0 atom stereocenters. The number of hydrogen-bond donors (Lipinski definition) is 2. The van der Waals surface area contributed by atoms with Crippen molar-refractivity contribution >= 4 is 11.8 Å². The van der Waals surface area contributed by atoms with E-state index in [0.717, 1.165) is 26.1 Å². The van der Waals surface area contributed by atoms with Crippen molar-refractivity contribution in [3.05, 3.63) is 59.3 Å². The zero-order chi connectivity index (χ0) is 17.0. The average Bonchev–Trinajstić information content (AvgIpc) is 2.61. The van der Waals surface area contributed by atoms with Crippen LogP contribution in [0.3, 0.4) is 0 Å². The van der Waals surface area contributed by atoms with Gasteiger partial charge in [-0.2, -0.15) is 0 Å². The Bertz CT molecular complexity index is 724. The van der Waals surface area contributed by atoms with Crippen molar-refractivity contribution in [1.29, 1.82) is 0 Å². The van der Waals surface area contributed by atoms with Crippen molar-refractivity contribution in [2.24, 2.45) is 0 Å². The van der Waals surface area contributed by atoms with Gasteiger partial charge in [-0.3, -0.25) is 0 Å². The number of anilines is 1. The van der Waals surface area contributed by atoms with Crippen molar-refractivity contribution in [2.45, 2.75) is 25.2 Å². The van der Waals surface area contributed by atoms with Gasteiger partial charge in [0.25, 0.3) is 0 Å². The molecule has 5 heteroatoms. The molecule has 0 bridgehead atoms. The minimum Gasteiger partial charge on any atom is -0.477 e. The first kappa shape index (κ1) is 16.5. The summed E-state index contributed by atoms with van der Waals surface area (Å²) in [5.74, 6) is -0.423. The maximum Gasteiger partial charge on any atom is 0.354 e. The Hall–Kier alpha value is -2.40. The molecule has 1 aromatic carbocycles. The van der Waals surface area contributed by atoms with Crippen molar-refractivity contribution in [3.63, 3.8) is 0 Å². The SMILES string of the molecule is Cc1ccccc1C1(CNc2cccc(C(=O)O)n2)CCOCC1. The summed E-state index contributed by atoms with van der Waals surface area (Å²) in [6.07, 6.45) is 1.87. The average molecular weight is 326 g/mol. The van der Waals surface area contributed by atoms with Crippen LogP contribution in [0.4, 0.5) is 5.82 Å². The van der Waals surface area contributed by atoms with Crippen LogP contribution in [0.2, 0.25) is 0 Å². The quantitative estimate of drug-likeness (QED) is 0.882. The van der Waals surface area contributed by atoms with Gasteiger partial charge in [-0.15, -0.1) is 0 Å². The van der Waals surface area contributed by atoms with E-state index in [9.17, 15) is 4.79 Å². The van der Waals surface area contributed by atoms with Gasteiger partial charge in [0.2, 0.25) is 0 Å². The van der Waals surface area contributed by atoms with Crippen molar-refractivity contribution < 1.29 is 14.6 Å². The molecule has 2 aromatic rings. The maximum atomic E-state index is 11.1. The van der Waals surface area contributed by atoms with Crippen LogP contribution < -0.4 is 5.32 Å². The van der Waals surface area contributed by atoms with Crippen LogP contribution in [0.5, 0.6) is 0 Å². The Labute approximate surface area is 141 Å². The number of aromatic carboxylic acids is 1. The van der Waals surface area contributed by atoms with E-state index in [1.54, 1.807) is 12.1 Å². The standard InChI is InChI=1S/C19H22N2O3/c1-14-5-2-3-6-15(14)19(9-11-24-12-10-19)13-20-17-8-4-7-16(21-17)18(22)23/h2-8H,9-13H2,1H3,(H,20,21)(H,22,23). The molecule has 0 spiro atoms. The van der Waals surface area contributed by atoms with Crippen molar-refractivity contribution in [1.82, 2.24) is 4.98 Å². The number of carbonyl (C=O) groups is 1. The third-order valence-corrected chi connectivity index (χ3v) is 4.74. The maximum absolute atomic E-state index is 11.1. The smallest absolute Gasteiger partial charge is 0.354 e. The van der Waals surface area contributed by atoms with E-state index in [0.29, 0.717) is 12.4 Å². The number of rotatable bonds is 5. The first-order valence-corrected chi connectivity index (χ1v) is 8.19. The van der Waals surface area contributed by atoms with Gasteiger partial charge < -0.3 is 15.2 Å². The number of ether oxygens (including phenoxy) is 1. The number of aromatic nitrogens is 1. The summed E-state index contributed by atoms with van der Waals surface area (Å²) in [4.78, 5) is 15.2. The summed E-state index contributed by atoms with van der Waals surface area (Å²) in [5, 5.41) is 12.4. The highest BCUT2D eigenvalue weighted by Crippen LogP contribution is 2.36. The van der Waals surface area contributed by atoms with Gasteiger partial charge in [-0.05, 0) is 43.0 Å². The Morgan fingerprint density at radius 1 is 1.21 bits per heavy atom. The largest absolute Gasteiger partial charge is 0.477 e. The van der Waals surface area contributed by atoms with Crippen LogP contribution in [0, 0.1) is 6.92 Å². The van der Waals surface area contributed by atoms with E-state index < -0.39 is 5.97 Å². The zero-order valence-corrected chi connectivity index (χ0v) is 13.8. The Balaban J connectivity index is 1.84. The van der Waals surface area contributed by atoms with E-state index in [2.05, 4.69) is 41.5 Å². The summed E-state index contributed by atoms with van der Waals surface area (Å²) >= 11 is 0. The molecule has 1 fully saturated rings. The van der Waals surface area contributed by atoms with Gasteiger partial charge in [0.05, 0.1) is 0 Å². The van der Waals surface area contributed by atoms with E-state index >= 15 is 0 Å². The molecule has 0 amide bonds. The predicted octanol–water partition coefficient (Wildman–Crippen LogP) is 3.25. The predicted molar refractivity (Wildman–Crippen MR) is 92.6 cm³/mol. The number of pyridine rings is 1. The molecule has 0 radical (unpaired) electrons. The Kier molecular flexibility index (Phi) is 4.81. The third-order valence-electron chi connectivity index (χ3n) is 4.74. The second-order valence-electron chi connectivity index (χ2n) is 6.27. The molecule has 1 saturated heterocycles. The fraction of sp³-hybridized carbons (Fsp3) is 0.368. The van der Waals surface area contributed by atoms with Gasteiger partial charge >= 0.3 is 5.97 Å². The molecule has 2 heterocycles. The number of nitrogens with zero attached hydrogens (tertiary/aromatic N) is 1. The molecule has 0 unspecified atom stereocenters. The van der Waals surface area contributed by atoms with E-state index in [4.69, 9.17) is 9.84 Å². The first-order chi connectivity index (χ1) is 11.6.